The third-order valence-corrected chi connectivity index (χ3v) is 6.42. The topological polar surface area (TPSA) is 29.2 Å². The van der Waals surface area contributed by atoms with E-state index in [1.807, 2.05) is 30.1 Å². The number of benzene rings is 1. The summed E-state index contributed by atoms with van der Waals surface area (Å²) in [6.07, 6.45) is 6.24. The van der Waals surface area contributed by atoms with Crippen molar-refractivity contribution in [2.75, 3.05) is 39.8 Å². The number of rotatable bonds is 6. The Kier molecular flexibility index (Phi) is 7.09. The van der Waals surface area contributed by atoms with Gasteiger partial charge in [-0.2, -0.15) is 0 Å². The van der Waals surface area contributed by atoms with Crippen molar-refractivity contribution in [2.24, 2.45) is 5.92 Å². The highest BCUT2D eigenvalue weighted by atomic mass is 16.2. The summed E-state index contributed by atoms with van der Waals surface area (Å²) < 4.78 is 0. The number of quaternary nitrogens is 2. The third-order valence-electron chi connectivity index (χ3n) is 6.42. The van der Waals surface area contributed by atoms with Crippen molar-refractivity contribution in [2.45, 2.75) is 51.6 Å². The molecule has 2 aliphatic rings. The molecule has 2 fully saturated rings. The molecule has 0 aromatic heterocycles. The number of nitrogens with zero attached hydrogens (tertiary/aromatic N) is 1. The summed E-state index contributed by atoms with van der Waals surface area (Å²) in [5, 5.41) is 0. The van der Waals surface area contributed by atoms with E-state index >= 15 is 0 Å². The van der Waals surface area contributed by atoms with Crippen LogP contribution in [-0.2, 0) is 11.3 Å². The lowest BCUT2D eigenvalue weighted by molar-refractivity contribution is -0.962. The van der Waals surface area contributed by atoms with Crippen LogP contribution in [0.15, 0.2) is 30.3 Å². The summed E-state index contributed by atoms with van der Waals surface area (Å²) in [6, 6.07) is 11.1. The number of amides is 1. The van der Waals surface area contributed by atoms with Gasteiger partial charge < -0.3 is 14.7 Å². The molecule has 0 bridgehead atoms. The van der Waals surface area contributed by atoms with Crippen LogP contribution in [0.1, 0.15) is 44.6 Å². The zero-order valence-corrected chi connectivity index (χ0v) is 16.7. The van der Waals surface area contributed by atoms with Crippen molar-refractivity contribution in [3.63, 3.8) is 0 Å². The maximum Gasteiger partial charge on any atom is 0.231 e. The van der Waals surface area contributed by atoms with Crippen LogP contribution in [0, 0.1) is 5.92 Å². The van der Waals surface area contributed by atoms with E-state index < -0.39 is 0 Å². The molecule has 1 amide bonds. The van der Waals surface area contributed by atoms with Gasteiger partial charge in [0.05, 0.1) is 44.7 Å². The van der Waals surface area contributed by atoms with Gasteiger partial charge in [-0.05, 0) is 24.8 Å². The van der Waals surface area contributed by atoms with Crippen LogP contribution < -0.4 is 9.80 Å². The number of hydrogen-bond donors (Lipinski definition) is 2. The summed E-state index contributed by atoms with van der Waals surface area (Å²) >= 11 is 0. The number of carbonyl (C=O) groups is 1. The van der Waals surface area contributed by atoms with Crippen molar-refractivity contribution in [3.8, 4) is 0 Å². The Morgan fingerprint density at radius 2 is 1.85 bits per heavy atom. The number of hydrogen-bond acceptors (Lipinski definition) is 1. The zero-order valence-electron chi connectivity index (χ0n) is 16.7. The van der Waals surface area contributed by atoms with Crippen molar-refractivity contribution in [3.05, 3.63) is 35.9 Å². The van der Waals surface area contributed by atoms with Gasteiger partial charge in [0.15, 0.2) is 0 Å². The van der Waals surface area contributed by atoms with E-state index in [0.717, 1.165) is 25.6 Å². The SMILES string of the molecule is CCC[NH+]1CCC([NH+]2CCC[C@@H](C(=O)N(C)Cc3ccccc3)C2)CC1. The Bertz CT molecular complexity index is 554. The Morgan fingerprint density at radius 1 is 1.12 bits per heavy atom. The van der Waals surface area contributed by atoms with E-state index in [1.165, 1.54) is 57.4 Å². The minimum Gasteiger partial charge on any atom is -0.341 e. The molecule has 1 aromatic carbocycles. The van der Waals surface area contributed by atoms with Crippen molar-refractivity contribution >= 4 is 5.91 Å². The zero-order chi connectivity index (χ0) is 18.4. The van der Waals surface area contributed by atoms with Gasteiger partial charge in [0.1, 0.15) is 0 Å². The highest BCUT2D eigenvalue weighted by molar-refractivity contribution is 5.78. The average Bonchev–Trinajstić information content (AvgIpc) is 2.69. The Labute approximate surface area is 159 Å². The average molecular weight is 360 g/mol. The Hall–Kier alpha value is -1.39. The maximum absolute atomic E-state index is 13.0. The molecule has 2 N–H and O–H groups in total. The van der Waals surface area contributed by atoms with Gasteiger partial charge in [-0.25, -0.2) is 0 Å². The Morgan fingerprint density at radius 3 is 2.54 bits per heavy atom. The normalized spacial score (nSPS) is 29.3. The molecule has 2 heterocycles. The molecule has 2 atom stereocenters. The van der Waals surface area contributed by atoms with Gasteiger partial charge >= 0.3 is 0 Å². The molecule has 0 spiro atoms. The molecule has 4 nitrogen and oxygen atoms in total. The molecule has 1 aromatic rings. The lowest BCUT2D eigenvalue weighted by atomic mass is 9.92. The van der Waals surface area contributed by atoms with E-state index in [0.29, 0.717) is 5.91 Å². The van der Waals surface area contributed by atoms with Gasteiger partial charge in [0, 0.05) is 26.4 Å². The van der Waals surface area contributed by atoms with Crippen LogP contribution in [0.4, 0.5) is 0 Å². The van der Waals surface area contributed by atoms with E-state index in [1.54, 1.807) is 9.80 Å². The molecule has 3 rings (SSSR count). The molecule has 0 aliphatic carbocycles. The quantitative estimate of drug-likeness (QED) is 0.756. The van der Waals surface area contributed by atoms with Crippen LogP contribution in [0.25, 0.3) is 0 Å². The van der Waals surface area contributed by atoms with E-state index in [-0.39, 0.29) is 5.92 Å². The standard InChI is InChI=1S/C22H35N3O/c1-3-13-24-15-11-21(12-16-24)25-14-7-10-20(18-25)22(26)23(2)17-19-8-5-4-6-9-19/h4-6,8-9,20-21H,3,7,10-18H2,1-2H3/p+2/t20-/m1/s1. The second-order valence-corrected chi connectivity index (χ2v) is 8.41. The van der Waals surface area contributed by atoms with E-state index in [9.17, 15) is 4.79 Å². The van der Waals surface area contributed by atoms with Crippen LogP contribution >= 0.6 is 0 Å². The minimum atomic E-state index is 0.216. The van der Waals surface area contributed by atoms with Crippen molar-refractivity contribution < 1.29 is 14.6 Å². The predicted molar refractivity (Wildman–Crippen MR) is 105 cm³/mol. The molecule has 0 saturated carbocycles. The smallest absolute Gasteiger partial charge is 0.231 e. The summed E-state index contributed by atoms with van der Waals surface area (Å²) in [4.78, 5) is 18.4. The third kappa shape index (κ3) is 5.08. The first-order valence-corrected chi connectivity index (χ1v) is 10.6. The lowest BCUT2D eigenvalue weighted by Crippen LogP contribution is -3.21. The van der Waals surface area contributed by atoms with Crippen LogP contribution in [0.3, 0.4) is 0 Å². The van der Waals surface area contributed by atoms with Gasteiger partial charge in [0.25, 0.3) is 0 Å². The molecule has 1 unspecified atom stereocenters. The lowest BCUT2D eigenvalue weighted by Gasteiger charge is -2.38. The fourth-order valence-electron chi connectivity index (χ4n) is 4.96. The monoisotopic (exact) mass is 359 g/mol. The number of piperidine rings is 2. The molecule has 2 aliphatic heterocycles. The maximum atomic E-state index is 13.0. The second-order valence-electron chi connectivity index (χ2n) is 8.41. The van der Waals surface area contributed by atoms with Crippen LogP contribution in [0.5, 0.6) is 0 Å². The van der Waals surface area contributed by atoms with Crippen molar-refractivity contribution in [1.29, 1.82) is 0 Å². The second kappa shape index (κ2) is 9.52. The molecule has 26 heavy (non-hydrogen) atoms. The minimum absolute atomic E-state index is 0.216. The highest BCUT2D eigenvalue weighted by Gasteiger charge is 2.36. The van der Waals surface area contributed by atoms with E-state index in [2.05, 4.69) is 19.1 Å². The van der Waals surface area contributed by atoms with Gasteiger partial charge in [-0.1, -0.05) is 37.3 Å². The molecule has 2 saturated heterocycles. The first kappa shape index (κ1) is 19.4. The van der Waals surface area contributed by atoms with Gasteiger partial charge in [-0.3, -0.25) is 4.79 Å². The van der Waals surface area contributed by atoms with Gasteiger partial charge in [0.2, 0.25) is 5.91 Å². The summed E-state index contributed by atoms with van der Waals surface area (Å²) in [6.45, 7) is 9.31. The molecular weight excluding hydrogens is 322 g/mol. The van der Waals surface area contributed by atoms with Crippen LogP contribution in [0.2, 0.25) is 0 Å². The Balaban J connectivity index is 1.50. The predicted octanol–water partition coefficient (Wildman–Crippen LogP) is 0.397. The first-order chi connectivity index (χ1) is 12.7. The summed E-state index contributed by atoms with van der Waals surface area (Å²) in [7, 11) is 1.97. The molecular formula is C22H37N3O+2. The molecule has 4 heteroatoms. The van der Waals surface area contributed by atoms with E-state index in [4.69, 9.17) is 0 Å². The fourth-order valence-corrected chi connectivity index (χ4v) is 4.96. The molecule has 0 radical (unpaired) electrons. The summed E-state index contributed by atoms with van der Waals surface area (Å²) in [5.74, 6) is 0.563. The number of carbonyl (C=O) groups excluding carboxylic acids is 1. The van der Waals surface area contributed by atoms with Crippen molar-refractivity contribution in [1.82, 2.24) is 4.90 Å². The number of nitrogens with one attached hydrogen (secondary N) is 2. The number of likely N-dealkylation sites (tertiary alicyclic amines) is 2. The summed E-state index contributed by atoms with van der Waals surface area (Å²) in [5.41, 5.74) is 1.22. The largest absolute Gasteiger partial charge is 0.341 e. The fraction of sp³-hybridized carbons (Fsp3) is 0.682. The molecule has 144 valence electrons. The van der Waals surface area contributed by atoms with Gasteiger partial charge in [-0.15, -0.1) is 0 Å². The first-order valence-electron chi connectivity index (χ1n) is 10.6. The van der Waals surface area contributed by atoms with Crippen LogP contribution in [-0.4, -0.2) is 56.6 Å². The highest BCUT2D eigenvalue weighted by Crippen LogP contribution is 2.14.